The van der Waals surface area contributed by atoms with Gasteiger partial charge in [0.15, 0.2) is 0 Å². The molecule has 0 atom stereocenters. The van der Waals surface area contributed by atoms with Crippen LogP contribution in [0.4, 0.5) is 0 Å². The van der Waals surface area contributed by atoms with Gasteiger partial charge in [0.05, 0.1) is 17.6 Å². The third-order valence-corrected chi connectivity index (χ3v) is 3.03. The molecule has 21 heavy (non-hydrogen) atoms. The molecular weight excluding hydrogens is 270 g/mol. The van der Waals surface area contributed by atoms with Crippen molar-refractivity contribution in [3.8, 4) is 0 Å². The lowest BCUT2D eigenvalue weighted by atomic mass is 10.2. The van der Waals surface area contributed by atoms with Crippen LogP contribution in [0, 0.1) is 5.92 Å². The lowest BCUT2D eigenvalue weighted by Gasteiger charge is -2.21. The lowest BCUT2D eigenvalue weighted by Crippen LogP contribution is -2.35. The van der Waals surface area contributed by atoms with E-state index in [0.717, 1.165) is 0 Å². The number of fused-ring (bicyclic) bond motifs is 1. The van der Waals surface area contributed by atoms with Crippen LogP contribution < -0.4 is 5.56 Å². The van der Waals surface area contributed by atoms with Crippen LogP contribution in [0.1, 0.15) is 19.5 Å². The maximum atomic E-state index is 12.0. The maximum Gasteiger partial charge on any atom is 0.317 e. The van der Waals surface area contributed by atoms with Gasteiger partial charge in [-0.1, -0.05) is 26.0 Å². The first-order valence-electron chi connectivity index (χ1n) is 6.88. The zero-order chi connectivity index (χ0) is 15.4. The minimum absolute atomic E-state index is 0.105. The van der Waals surface area contributed by atoms with Crippen LogP contribution in [-0.2, 0) is 11.3 Å². The first kappa shape index (κ1) is 15.2. The van der Waals surface area contributed by atoms with Crippen LogP contribution in [0.2, 0.25) is 0 Å². The molecule has 0 unspecified atom stereocenters. The second kappa shape index (κ2) is 6.49. The lowest BCUT2D eigenvalue weighted by molar-refractivity contribution is -0.138. The van der Waals surface area contributed by atoms with E-state index in [1.165, 1.54) is 0 Å². The van der Waals surface area contributed by atoms with Crippen molar-refractivity contribution in [2.24, 2.45) is 5.92 Å². The van der Waals surface area contributed by atoms with E-state index in [1.807, 2.05) is 32.0 Å². The molecule has 2 N–H and O–H groups in total. The van der Waals surface area contributed by atoms with E-state index in [-0.39, 0.29) is 18.6 Å². The summed E-state index contributed by atoms with van der Waals surface area (Å²) in [6.07, 6.45) is 0. The molecular formula is C15H19N3O3. The summed E-state index contributed by atoms with van der Waals surface area (Å²) in [4.78, 5) is 31.8. The van der Waals surface area contributed by atoms with Crippen LogP contribution in [-0.4, -0.2) is 39.0 Å². The van der Waals surface area contributed by atoms with Crippen molar-refractivity contribution >= 4 is 17.0 Å². The number of hydrogen-bond donors (Lipinski definition) is 2. The Balaban J connectivity index is 2.29. The molecule has 6 heteroatoms. The van der Waals surface area contributed by atoms with Gasteiger partial charge in [-0.2, -0.15) is 0 Å². The van der Waals surface area contributed by atoms with Crippen molar-refractivity contribution < 1.29 is 9.90 Å². The number of aromatic amines is 1. The van der Waals surface area contributed by atoms with E-state index < -0.39 is 5.97 Å². The van der Waals surface area contributed by atoms with Gasteiger partial charge in [0, 0.05) is 13.1 Å². The Labute approximate surface area is 122 Å². The predicted molar refractivity (Wildman–Crippen MR) is 80.1 cm³/mol. The number of carboxylic acids is 1. The topological polar surface area (TPSA) is 86.3 Å². The average Bonchev–Trinajstić information content (AvgIpc) is 2.38. The summed E-state index contributed by atoms with van der Waals surface area (Å²) in [5, 5.41) is 8.97. The number of nitrogens with zero attached hydrogens (tertiary/aromatic N) is 2. The third-order valence-electron chi connectivity index (χ3n) is 3.03. The highest BCUT2D eigenvalue weighted by Crippen LogP contribution is 2.08. The van der Waals surface area contributed by atoms with E-state index in [0.29, 0.717) is 29.2 Å². The zero-order valence-electron chi connectivity index (χ0n) is 12.2. The number of hydrogen-bond acceptors (Lipinski definition) is 4. The summed E-state index contributed by atoms with van der Waals surface area (Å²) >= 11 is 0. The number of aliphatic carboxylic acids is 1. The van der Waals surface area contributed by atoms with Gasteiger partial charge >= 0.3 is 5.97 Å². The fourth-order valence-corrected chi connectivity index (χ4v) is 2.28. The summed E-state index contributed by atoms with van der Waals surface area (Å²) in [6, 6.07) is 7.28. The highest BCUT2D eigenvalue weighted by atomic mass is 16.4. The van der Waals surface area contributed by atoms with Crippen LogP contribution in [0.3, 0.4) is 0 Å². The predicted octanol–water partition coefficient (Wildman–Crippen LogP) is 1.47. The van der Waals surface area contributed by atoms with Gasteiger partial charge < -0.3 is 10.1 Å². The molecule has 0 spiro atoms. The Morgan fingerprint density at radius 2 is 2.10 bits per heavy atom. The van der Waals surface area contributed by atoms with Gasteiger partial charge in [0.25, 0.3) is 5.56 Å². The molecule has 6 nitrogen and oxygen atoms in total. The second-order valence-electron chi connectivity index (χ2n) is 5.49. The molecule has 2 aromatic rings. The monoisotopic (exact) mass is 289 g/mol. The summed E-state index contributed by atoms with van der Waals surface area (Å²) in [7, 11) is 0. The van der Waals surface area contributed by atoms with Gasteiger partial charge in [-0.05, 0) is 18.1 Å². The molecule has 0 saturated heterocycles. The molecule has 0 bridgehead atoms. The van der Waals surface area contributed by atoms with Gasteiger partial charge in [0.1, 0.15) is 5.69 Å². The Bertz CT molecular complexity index is 694. The molecule has 0 aliphatic heterocycles. The molecule has 1 heterocycles. The number of carbonyl (C=O) groups is 1. The first-order chi connectivity index (χ1) is 9.95. The summed E-state index contributed by atoms with van der Waals surface area (Å²) in [6.45, 7) is 4.73. The molecule has 0 radical (unpaired) electrons. The Morgan fingerprint density at radius 1 is 1.38 bits per heavy atom. The molecule has 0 aliphatic carbocycles. The van der Waals surface area contributed by atoms with Crippen LogP contribution >= 0.6 is 0 Å². The van der Waals surface area contributed by atoms with Crippen molar-refractivity contribution in [3.63, 3.8) is 0 Å². The van der Waals surface area contributed by atoms with Gasteiger partial charge in [-0.15, -0.1) is 0 Å². The van der Waals surface area contributed by atoms with Crippen LogP contribution in [0.15, 0.2) is 29.1 Å². The SMILES string of the molecule is CC(C)CN(CC(=O)O)Cc1nc2ccccc2[nH]c1=O. The molecule has 0 saturated carbocycles. The summed E-state index contributed by atoms with van der Waals surface area (Å²) in [5.74, 6) is -0.600. The van der Waals surface area contributed by atoms with Crippen LogP contribution in [0.25, 0.3) is 11.0 Å². The third kappa shape index (κ3) is 4.13. The maximum absolute atomic E-state index is 12.0. The van der Waals surface area contributed by atoms with Gasteiger partial charge in [-0.3, -0.25) is 14.5 Å². The van der Waals surface area contributed by atoms with Gasteiger partial charge in [-0.25, -0.2) is 4.98 Å². The highest BCUT2D eigenvalue weighted by molar-refractivity contribution is 5.73. The van der Waals surface area contributed by atoms with Crippen molar-refractivity contribution in [1.29, 1.82) is 0 Å². The van der Waals surface area contributed by atoms with E-state index in [9.17, 15) is 9.59 Å². The Hall–Kier alpha value is -2.21. The number of para-hydroxylation sites is 2. The minimum Gasteiger partial charge on any atom is -0.480 e. The van der Waals surface area contributed by atoms with Crippen molar-refractivity contribution in [3.05, 3.63) is 40.3 Å². The fraction of sp³-hybridized carbons (Fsp3) is 0.400. The van der Waals surface area contributed by atoms with E-state index in [4.69, 9.17) is 5.11 Å². The zero-order valence-corrected chi connectivity index (χ0v) is 12.2. The normalized spacial score (nSPS) is 11.4. The largest absolute Gasteiger partial charge is 0.480 e. The molecule has 0 amide bonds. The minimum atomic E-state index is -0.909. The Morgan fingerprint density at radius 3 is 2.76 bits per heavy atom. The number of carboxylic acid groups (broad SMARTS) is 1. The first-order valence-corrected chi connectivity index (χ1v) is 6.88. The second-order valence-corrected chi connectivity index (χ2v) is 5.49. The van der Waals surface area contributed by atoms with Crippen LogP contribution in [0.5, 0.6) is 0 Å². The van der Waals surface area contributed by atoms with Crippen molar-refractivity contribution in [2.75, 3.05) is 13.1 Å². The van der Waals surface area contributed by atoms with E-state index >= 15 is 0 Å². The van der Waals surface area contributed by atoms with Crippen molar-refractivity contribution in [2.45, 2.75) is 20.4 Å². The van der Waals surface area contributed by atoms with E-state index in [2.05, 4.69) is 9.97 Å². The molecule has 1 aromatic heterocycles. The van der Waals surface area contributed by atoms with Gasteiger partial charge in [0.2, 0.25) is 0 Å². The molecule has 112 valence electrons. The molecule has 0 fully saturated rings. The fourth-order valence-electron chi connectivity index (χ4n) is 2.28. The standard InChI is InChI=1S/C15H19N3O3/c1-10(2)7-18(9-14(19)20)8-13-15(21)17-12-6-4-3-5-11(12)16-13/h3-6,10H,7-9H2,1-2H3,(H,17,21)(H,19,20). The van der Waals surface area contributed by atoms with Crippen molar-refractivity contribution in [1.82, 2.24) is 14.9 Å². The number of aromatic nitrogens is 2. The number of nitrogens with one attached hydrogen (secondary N) is 1. The molecule has 2 rings (SSSR count). The number of rotatable bonds is 6. The molecule has 0 aliphatic rings. The summed E-state index contributed by atoms with van der Waals surface area (Å²) < 4.78 is 0. The highest BCUT2D eigenvalue weighted by Gasteiger charge is 2.15. The number of benzene rings is 1. The average molecular weight is 289 g/mol. The number of H-pyrrole nitrogens is 1. The Kier molecular flexibility index (Phi) is 4.70. The molecule has 1 aromatic carbocycles. The smallest absolute Gasteiger partial charge is 0.317 e. The van der Waals surface area contributed by atoms with E-state index in [1.54, 1.807) is 11.0 Å². The quantitative estimate of drug-likeness (QED) is 0.841. The summed E-state index contributed by atoms with van der Waals surface area (Å²) in [5.41, 5.74) is 1.45.